The van der Waals surface area contributed by atoms with E-state index in [1.807, 2.05) is 0 Å². The van der Waals surface area contributed by atoms with Crippen molar-refractivity contribution in [2.75, 3.05) is 6.54 Å². The number of hydrogen-bond donors (Lipinski definition) is 2. The molecule has 0 aliphatic heterocycles. The lowest BCUT2D eigenvalue weighted by Gasteiger charge is -2.23. The van der Waals surface area contributed by atoms with Gasteiger partial charge in [0.25, 0.3) is 0 Å². The Hall–Kier alpha value is -1.01. The molecule has 6 heteroatoms. The van der Waals surface area contributed by atoms with Crippen LogP contribution in [0.5, 0.6) is 0 Å². The Morgan fingerprint density at radius 2 is 1.67 bits per heavy atom. The van der Waals surface area contributed by atoms with Gasteiger partial charge in [0.2, 0.25) is 0 Å². The van der Waals surface area contributed by atoms with Crippen LogP contribution < -0.4 is 5.73 Å². The summed E-state index contributed by atoms with van der Waals surface area (Å²) in [5.41, 5.74) is 6.50. The summed E-state index contributed by atoms with van der Waals surface area (Å²) in [6, 6.07) is 8.08. The predicted octanol–water partition coefficient (Wildman–Crippen LogP) is 4.16. The number of halogens is 4. The van der Waals surface area contributed by atoms with Crippen LogP contribution in [0.3, 0.4) is 0 Å². The highest BCUT2D eigenvalue weighted by molar-refractivity contribution is 9.10. The zero-order chi connectivity index (χ0) is 15.6. The molecule has 112 valence electrons. The van der Waals surface area contributed by atoms with Crippen LogP contribution in [0.1, 0.15) is 23.1 Å². The first-order chi connectivity index (χ1) is 9.90. The highest BCUT2D eigenvalue weighted by atomic mass is 79.9. The van der Waals surface area contributed by atoms with Crippen LogP contribution in [0, 0.1) is 11.6 Å². The summed E-state index contributed by atoms with van der Waals surface area (Å²) in [6.45, 7) is 0.0359. The Bertz CT molecular complexity index is 613. The molecule has 0 aliphatic rings. The normalized spacial score (nSPS) is 14.0. The Balaban J connectivity index is 2.40. The summed E-state index contributed by atoms with van der Waals surface area (Å²) in [5, 5.41) is 10.9. The average molecular weight is 377 g/mol. The van der Waals surface area contributed by atoms with Crippen molar-refractivity contribution < 1.29 is 13.9 Å². The lowest BCUT2D eigenvalue weighted by atomic mass is 9.89. The maximum Gasteiger partial charge on any atom is 0.126 e. The van der Waals surface area contributed by atoms with Crippen LogP contribution in [0.4, 0.5) is 8.78 Å². The Morgan fingerprint density at radius 3 is 2.19 bits per heavy atom. The van der Waals surface area contributed by atoms with Gasteiger partial charge >= 0.3 is 0 Å². The molecule has 0 aromatic heterocycles. The number of aliphatic hydroxyl groups is 1. The van der Waals surface area contributed by atoms with E-state index in [9.17, 15) is 13.9 Å². The molecule has 2 rings (SSSR count). The van der Waals surface area contributed by atoms with E-state index in [-0.39, 0.29) is 6.54 Å². The van der Waals surface area contributed by atoms with Crippen molar-refractivity contribution in [3.05, 3.63) is 68.7 Å². The molecule has 0 amide bonds. The molecule has 2 aromatic carbocycles. The molecule has 0 bridgehead atoms. The minimum Gasteiger partial charge on any atom is -0.388 e. The molecule has 0 saturated carbocycles. The van der Waals surface area contributed by atoms with Crippen molar-refractivity contribution in [2.24, 2.45) is 5.73 Å². The SMILES string of the molecule is NCC(c1cc(F)cc(F)c1)C(O)c1cc(Cl)cc(Br)c1. The zero-order valence-electron chi connectivity index (χ0n) is 10.9. The molecule has 0 fully saturated rings. The van der Waals surface area contributed by atoms with E-state index in [4.69, 9.17) is 17.3 Å². The molecule has 2 nitrogen and oxygen atoms in total. The van der Waals surface area contributed by atoms with Crippen molar-refractivity contribution in [2.45, 2.75) is 12.0 Å². The van der Waals surface area contributed by atoms with E-state index < -0.39 is 23.7 Å². The third-order valence-corrected chi connectivity index (χ3v) is 3.85. The Kier molecular flexibility index (Phi) is 5.32. The van der Waals surface area contributed by atoms with Gasteiger partial charge in [-0.25, -0.2) is 8.78 Å². The molecular weight excluding hydrogens is 364 g/mol. The largest absolute Gasteiger partial charge is 0.388 e. The van der Waals surface area contributed by atoms with Gasteiger partial charge in [-0.1, -0.05) is 27.5 Å². The zero-order valence-corrected chi connectivity index (χ0v) is 13.2. The number of hydrogen-bond acceptors (Lipinski definition) is 2. The first-order valence-electron chi connectivity index (χ1n) is 6.21. The number of rotatable bonds is 4. The van der Waals surface area contributed by atoms with Gasteiger partial charge in [0.15, 0.2) is 0 Å². The first-order valence-corrected chi connectivity index (χ1v) is 7.38. The van der Waals surface area contributed by atoms with E-state index in [1.54, 1.807) is 18.2 Å². The molecule has 3 N–H and O–H groups in total. The Labute approximate surface area is 134 Å². The van der Waals surface area contributed by atoms with E-state index in [1.165, 1.54) is 12.1 Å². The van der Waals surface area contributed by atoms with Gasteiger partial charge in [-0.15, -0.1) is 0 Å². The highest BCUT2D eigenvalue weighted by Crippen LogP contribution is 2.33. The van der Waals surface area contributed by atoms with E-state index >= 15 is 0 Å². The molecule has 2 atom stereocenters. The lowest BCUT2D eigenvalue weighted by Crippen LogP contribution is -2.20. The summed E-state index contributed by atoms with van der Waals surface area (Å²) in [7, 11) is 0. The van der Waals surface area contributed by atoms with Gasteiger partial charge in [0.05, 0.1) is 6.10 Å². The second-order valence-electron chi connectivity index (χ2n) is 4.69. The first kappa shape index (κ1) is 16.4. The van der Waals surface area contributed by atoms with E-state index in [0.717, 1.165) is 6.07 Å². The third kappa shape index (κ3) is 4.01. The maximum absolute atomic E-state index is 13.3. The van der Waals surface area contributed by atoms with E-state index in [0.29, 0.717) is 20.6 Å². The number of benzene rings is 2. The molecule has 0 saturated heterocycles. The van der Waals surface area contributed by atoms with Gasteiger partial charge < -0.3 is 10.8 Å². The topological polar surface area (TPSA) is 46.2 Å². The molecule has 0 aliphatic carbocycles. The second-order valence-corrected chi connectivity index (χ2v) is 6.04. The molecule has 2 unspecified atom stereocenters. The number of aliphatic hydroxyl groups excluding tert-OH is 1. The molecule has 0 heterocycles. The number of nitrogens with two attached hydrogens (primary N) is 1. The molecule has 0 spiro atoms. The standard InChI is InChI=1S/C15H13BrClF2NO/c16-10-1-9(2-11(17)5-10)15(21)14(7-20)8-3-12(18)6-13(19)4-8/h1-6,14-15,21H,7,20H2. The van der Waals surface area contributed by atoms with Gasteiger partial charge in [0.1, 0.15) is 11.6 Å². The minimum absolute atomic E-state index is 0.0359. The summed E-state index contributed by atoms with van der Waals surface area (Å²) >= 11 is 9.23. The van der Waals surface area contributed by atoms with Crippen LogP contribution in [-0.4, -0.2) is 11.7 Å². The monoisotopic (exact) mass is 375 g/mol. The maximum atomic E-state index is 13.3. The van der Waals surface area contributed by atoms with Crippen molar-refractivity contribution in [3.8, 4) is 0 Å². The van der Waals surface area contributed by atoms with Crippen LogP contribution in [-0.2, 0) is 0 Å². The fourth-order valence-electron chi connectivity index (χ4n) is 2.21. The van der Waals surface area contributed by atoms with Crippen LogP contribution >= 0.6 is 27.5 Å². The van der Waals surface area contributed by atoms with E-state index in [2.05, 4.69) is 15.9 Å². The van der Waals surface area contributed by atoms with Crippen molar-refractivity contribution in [1.82, 2.24) is 0 Å². The van der Waals surface area contributed by atoms with Crippen LogP contribution in [0.15, 0.2) is 40.9 Å². The van der Waals surface area contributed by atoms with Crippen LogP contribution in [0.2, 0.25) is 5.02 Å². The minimum atomic E-state index is -1.02. The molecule has 2 aromatic rings. The molecular formula is C15H13BrClF2NO. The second kappa shape index (κ2) is 6.83. The smallest absolute Gasteiger partial charge is 0.126 e. The Morgan fingerprint density at radius 1 is 1.05 bits per heavy atom. The highest BCUT2D eigenvalue weighted by Gasteiger charge is 2.23. The van der Waals surface area contributed by atoms with Gasteiger partial charge in [-0.05, 0) is 41.5 Å². The fourth-order valence-corrected chi connectivity index (χ4v) is 3.10. The van der Waals surface area contributed by atoms with Gasteiger partial charge in [-0.3, -0.25) is 0 Å². The predicted molar refractivity (Wildman–Crippen MR) is 82.3 cm³/mol. The third-order valence-electron chi connectivity index (χ3n) is 3.17. The van der Waals surface area contributed by atoms with Crippen molar-refractivity contribution >= 4 is 27.5 Å². The molecule has 21 heavy (non-hydrogen) atoms. The van der Waals surface area contributed by atoms with Crippen molar-refractivity contribution in [1.29, 1.82) is 0 Å². The summed E-state index contributed by atoms with van der Waals surface area (Å²) in [4.78, 5) is 0. The summed E-state index contributed by atoms with van der Waals surface area (Å²) in [6.07, 6.45) is -1.02. The summed E-state index contributed by atoms with van der Waals surface area (Å²) < 4.78 is 27.4. The van der Waals surface area contributed by atoms with Gasteiger partial charge in [0, 0.05) is 28.0 Å². The lowest BCUT2D eigenvalue weighted by molar-refractivity contribution is 0.147. The summed E-state index contributed by atoms with van der Waals surface area (Å²) in [5.74, 6) is -2.05. The molecule has 0 radical (unpaired) electrons. The van der Waals surface area contributed by atoms with Crippen LogP contribution in [0.25, 0.3) is 0 Å². The van der Waals surface area contributed by atoms with Gasteiger partial charge in [-0.2, -0.15) is 0 Å². The average Bonchev–Trinajstić information content (AvgIpc) is 2.37. The quantitative estimate of drug-likeness (QED) is 0.842. The fraction of sp³-hybridized carbons (Fsp3) is 0.200. The van der Waals surface area contributed by atoms with Crippen molar-refractivity contribution in [3.63, 3.8) is 0 Å².